The summed E-state index contributed by atoms with van der Waals surface area (Å²) < 4.78 is 0. The summed E-state index contributed by atoms with van der Waals surface area (Å²) in [6.45, 7) is 3.32. The molecule has 0 radical (unpaired) electrons. The van der Waals surface area contributed by atoms with Gasteiger partial charge in [0, 0.05) is 48.7 Å². The van der Waals surface area contributed by atoms with Crippen LogP contribution < -0.4 is 10.6 Å². The minimum absolute atomic E-state index is 0.0107. The maximum atomic E-state index is 12.7. The van der Waals surface area contributed by atoms with Gasteiger partial charge in [0.25, 0.3) is 11.8 Å². The van der Waals surface area contributed by atoms with E-state index in [1.807, 2.05) is 21.9 Å². The first kappa shape index (κ1) is 22.8. The molecule has 4 rings (SSSR count). The van der Waals surface area contributed by atoms with E-state index in [1.165, 1.54) is 12.8 Å². The lowest BCUT2D eigenvalue weighted by molar-refractivity contribution is -0.114. The molecule has 3 amide bonds. The quantitative estimate of drug-likeness (QED) is 0.700. The van der Waals surface area contributed by atoms with Gasteiger partial charge in [-0.3, -0.25) is 14.4 Å². The fourth-order valence-corrected chi connectivity index (χ4v) is 4.41. The average molecular weight is 449 g/mol. The van der Waals surface area contributed by atoms with E-state index in [9.17, 15) is 14.4 Å². The Labute approximate surface area is 195 Å². The molecule has 0 bridgehead atoms. The lowest BCUT2D eigenvalue weighted by atomic mass is 10.1. The average Bonchev–Trinajstić information content (AvgIpc) is 3.25. The minimum Gasteiger partial charge on any atom is -0.376 e. The summed E-state index contributed by atoms with van der Waals surface area (Å²) in [5, 5.41) is 5.93. The van der Waals surface area contributed by atoms with Gasteiger partial charge in [0.05, 0.1) is 6.54 Å². The van der Waals surface area contributed by atoms with Crippen molar-refractivity contribution in [3.05, 3.63) is 59.7 Å². The molecule has 2 aromatic carbocycles. The smallest absolute Gasteiger partial charge is 0.253 e. The van der Waals surface area contributed by atoms with Gasteiger partial charge >= 0.3 is 0 Å². The lowest BCUT2D eigenvalue weighted by Crippen LogP contribution is -2.31. The van der Waals surface area contributed by atoms with Crippen LogP contribution in [0, 0.1) is 0 Å². The molecule has 0 atom stereocenters. The van der Waals surface area contributed by atoms with Crippen molar-refractivity contribution in [2.45, 2.75) is 38.5 Å². The Morgan fingerprint density at radius 2 is 1.24 bits per heavy atom. The maximum Gasteiger partial charge on any atom is 0.253 e. The molecule has 174 valence electrons. The third-order valence-electron chi connectivity index (χ3n) is 6.26. The third-order valence-corrected chi connectivity index (χ3v) is 6.26. The lowest BCUT2D eigenvalue weighted by Gasteiger charge is -2.20. The highest BCUT2D eigenvalue weighted by Gasteiger charge is 2.20. The second-order valence-corrected chi connectivity index (χ2v) is 8.77. The fraction of sp³-hybridized carbons (Fsp3) is 0.423. The van der Waals surface area contributed by atoms with Gasteiger partial charge < -0.3 is 20.4 Å². The molecule has 0 saturated carbocycles. The number of carbonyl (C=O) groups excluding carboxylic acids is 3. The number of nitrogens with zero attached hydrogens (tertiary/aromatic N) is 2. The molecule has 2 saturated heterocycles. The van der Waals surface area contributed by atoms with Gasteiger partial charge in [-0.25, -0.2) is 0 Å². The summed E-state index contributed by atoms with van der Waals surface area (Å²) in [5.74, 6) is -0.119. The third kappa shape index (κ3) is 6.12. The second-order valence-electron chi connectivity index (χ2n) is 8.77. The first-order valence-electron chi connectivity index (χ1n) is 11.9. The van der Waals surface area contributed by atoms with Crippen LogP contribution in [0.4, 0.5) is 11.4 Å². The van der Waals surface area contributed by atoms with Gasteiger partial charge in [-0.05, 0) is 68.1 Å². The topological polar surface area (TPSA) is 81.8 Å². The zero-order chi connectivity index (χ0) is 23.0. The van der Waals surface area contributed by atoms with Gasteiger partial charge in [-0.15, -0.1) is 0 Å². The van der Waals surface area contributed by atoms with Crippen LogP contribution in [-0.2, 0) is 4.79 Å². The highest BCUT2D eigenvalue weighted by molar-refractivity contribution is 5.98. The van der Waals surface area contributed by atoms with E-state index in [2.05, 4.69) is 10.6 Å². The van der Waals surface area contributed by atoms with Crippen LogP contribution in [0.15, 0.2) is 48.5 Å². The van der Waals surface area contributed by atoms with Crippen molar-refractivity contribution in [2.24, 2.45) is 0 Å². The molecule has 2 heterocycles. The Bertz CT molecular complexity index is 975. The second kappa shape index (κ2) is 11.0. The van der Waals surface area contributed by atoms with Crippen molar-refractivity contribution in [2.75, 3.05) is 43.4 Å². The normalized spacial score (nSPS) is 16.2. The predicted molar refractivity (Wildman–Crippen MR) is 130 cm³/mol. The van der Waals surface area contributed by atoms with Gasteiger partial charge in [-0.2, -0.15) is 0 Å². The van der Waals surface area contributed by atoms with Crippen molar-refractivity contribution in [3.8, 4) is 0 Å². The van der Waals surface area contributed by atoms with E-state index in [4.69, 9.17) is 0 Å². The predicted octanol–water partition coefficient (Wildman–Crippen LogP) is 3.99. The van der Waals surface area contributed by atoms with E-state index in [1.54, 1.807) is 36.4 Å². The first-order valence-corrected chi connectivity index (χ1v) is 11.9. The number of nitrogens with one attached hydrogen (secondary N) is 2. The maximum absolute atomic E-state index is 12.7. The molecule has 2 aromatic rings. The Morgan fingerprint density at radius 1 is 0.667 bits per heavy atom. The van der Waals surface area contributed by atoms with E-state index in [0.29, 0.717) is 16.8 Å². The molecule has 2 N–H and O–H groups in total. The summed E-state index contributed by atoms with van der Waals surface area (Å²) >= 11 is 0. The summed E-state index contributed by atoms with van der Waals surface area (Å²) in [6, 6.07) is 14.3. The number of hydrogen-bond donors (Lipinski definition) is 2. The Balaban J connectivity index is 1.28. The standard InChI is InChI=1S/C26H32N4O3/c31-24(28-23-9-7-8-21(18-23)26(33)30-16-5-6-17-30)19-27-22-12-10-20(11-13-22)25(32)29-14-3-1-2-4-15-29/h7-13,18,27H,1-6,14-17,19H2,(H,28,31). The first-order chi connectivity index (χ1) is 16.1. The van der Waals surface area contributed by atoms with Crippen molar-refractivity contribution >= 4 is 29.1 Å². The van der Waals surface area contributed by atoms with Gasteiger partial charge in [0.15, 0.2) is 0 Å². The van der Waals surface area contributed by atoms with E-state index < -0.39 is 0 Å². The number of likely N-dealkylation sites (tertiary alicyclic amines) is 2. The molecule has 0 aromatic heterocycles. The summed E-state index contributed by atoms with van der Waals surface area (Å²) in [6.07, 6.45) is 6.59. The molecule has 33 heavy (non-hydrogen) atoms. The van der Waals surface area contributed by atoms with Crippen LogP contribution in [0.3, 0.4) is 0 Å². The molecular weight excluding hydrogens is 416 g/mol. The SMILES string of the molecule is O=C(CNc1ccc(C(=O)N2CCCCCC2)cc1)Nc1cccc(C(=O)N2CCCC2)c1. The minimum atomic E-state index is -0.203. The molecule has 2 aliphatic heterocycles. The number of hydrogen-bond acceptors (Lipinski definition) is 4. The monoisotopic (exact) mass is 448 g/mol. The van der Waals surface area contributed by atoms with Gasteiger partial charge in [0.1, 0.15) is 0 Å². The fourth-order valence-electron chi connectivity index (χ4n) is 4.41. The Hall–Kier alpha value is -3.35. The Morgan fingerprint density at radius 3 is 1.88 bits per heavy atom. The van der Waals surface area contributed by atoms with Crippen molar-refractivity contribution in [1.82, 2.24) is 9.80 Å². The van der Waals surface area contributed by atoms with Crippen LogP contribution in [0.25, 0.3) is 0 Å². The number of amides is 3. The van der Waals surface area contributed by atoms with E-state index in [0.717, 1.165) is 57.5 Å². The molecule has 0 aliphatic carbocycles. The van der Waals surface area contributed by atoms with Crippen molar-refractivity contribution < 1.29 is 14.4 Å². The number of benzene rings is 2. The number of anilines is 2. The van der Waals surface area contributed by atoms with Crippen LogP contribution in [-0.4, -0.2) is 60.2 Å². The van der Waals surface area contributed by atoms with Crippen molar-refractivity contribution in [1.29, 1.82) is 0 Å². The highest BCUT2D eigenvalue weighted by atomic mass is 16.2. The number of carbonyl (C=O) groups is 3. The van der Waals surface area contributed by atoms with E-state index in [-0.39, 0.29) is 24.3 Å². The highest BCUT2D eigenvalue weighted by Crippen LogP contribution is 2.18. The summed E-state index contributed by atoms with van der Waals surface area (Å²) in [4.78, 5) is 41.5. The summed E-state index contributed by atoms with van der Waals surface area (Å²) in [5.41, 5.74) is 2.64. The van der Waals surface area contributed by atoms with Crippen molar-refractivity contribution in [3.63, 3.8) is 0 Å². The van der Waals surface area contributed by atoms with Crippen LogP contribution in [0.2, 0.25) is 0 Å². The Kier molecular flexibility index (Phi) is 7.60. The van der Waals surface area contributed by atoms with E-state index >= 15 is 0 Å². The van der Waals surface area contributed by atoms with Gasteiger partial charge in [0.2, 0.25) is 5.91 Å². The number of rotatable bonds is 6. The molecule has 2 aliphatic rings. The van der Waals surface area contributed by atoms with Crippen LogP contribution in [0.1, 0.15) is 59.2 Å². The zero-order valence-electron chi connectivity index (χ0n) is 19.0. The molecule has 7 heteroatoms. The molecule has 0 unspecified atom stereocenters. The zero-order valence-corrected chi connectivity index (χ0v) is 19.0. The molecule has 0 spiro atoms. The van der Waals surface area contributed by atoms with Gasteiger partial charge in [-0.1, -0.05) is 18.9 Å². The molecule has 7 nitrogen and oxygen atoms in total. The summed E-state index contributed by atoms with van der Waals surface area (Å²) in [7, 11) is 0. The van der Waals surface area contributed by atoms with Crippen LogP contribution in [0.5, 0.6) is 0 Å². The van der Waals surface area contributed by atoms with Crippen LogP contribution >= 0.6 is 0 Å². The molecule has 2 fully saturated rings. The largest absolute Gasteiger partial charge is 0.376 e. The molecular formula is C26H32N4O3.